The molecule has 0 unspecified atom stereocenters. The molecule has 174 valence electrons. The lowest BCUT2D eigenvalue weighted by Gasteiger charge is -2.18. The molecule has 6 N–H and O–H groups in total. The lowest BCUT2D eigenvalue weighted by atomic mass is 9.96. The number of nitrogens with two attached hydrogens (primary N) is 1. The Morgan fingerprint density at radius 2 is 1.97 bits per heavy atom. The van der Waals surface area contributed by atoms with E-state index in [-0.39, 0.29) is 29.2 Å². The van der Waals surface area contributed by atoms with E-state index in [1.54, 1.807) is 39.0 Å². The smallest absolute Gasteiger partial charge is 0.270 e. The van der Waals surface area contributed by atoms with Gasteiger partial charge in [0.15, 0.2) is 0 Å². The van der Waals surface area contributed by atoms with Crippen LogP contribution in [0.4, 0.5) is 15.2 Å². The molecule has 2 aromatic heterocycles. The van der Waals surface area contributed by atoms with E-state index in [9.17, 15) is 19.1 Å². The molecule has 8 nitrogen and oxygen atoms in total. The molecule has 0 bridgehead atoms. The summed E-state index contributed by atoms with van der Waals surface area (Å²) >= 11 is 1.10. The van der Waals surface area contributed by atoms with Crippen molar-refractivity contribution in [1.29, 1.82) is 0 Å². The van der Waals surface area contributed by atoms with E-state index in [1.165, 1.54) is 24.3 Å². The van der Waals surface area contributed by atoms with Crippen LogP contribution >= 0.6 is 11.3 Å². The van der Waals surface area contributed by atoms with Crippen molar-refractivity contribution in [2.75, 3.05) is 11.9 Å². The molecule has 33 heavy (non-hydrogen) atoms. The standard InChI is InChI=1S/C23H25FN4O4S/c1-12(11-29)26-21(31)17-5-4-6-19(27-17)28-22-15(20(25)30)10-18(33-22)14-8-7-13(9-16(14)24)23(2,3)32/h4-10,12,29,32H,11H2,1-3H3,(H2,25,30)(H,26,31)(H,27,28)/t12-/m1/s1. The third kappa shape index (κ3) is 5.72. The van der Waals surface area contributed by atoms with Gasteiger partial charge in [-0.15, -0.1) is 11.3 Å². The highest BCUT2D eigenvalue weighted by atomic mass is 32.1. The highest BCUT2D eigenvalue weighted by molar-refractivity contribution is 7.19. The summed E-state index contributed by atoms with van der Waals surface area (Å²) in [6, 6.07) is 10.2. The molecule has 0 spiro atoms. The average Bonchev–Trinajstić information content (AvgIpc) is 3.16. The fourth-order valence-corrected chi connectivity index (χ4v) is 4.08. The van der Waals surface area contributed by atoms with E-state index < -0.39 is 29.3 Å². The van der Waals surface area contributed by atoms with E-state index in [0.717, 1.165) is 11.3 Å². The Balaban J connectivity index is 1.92. The molecule has 0 saturated carbocycles. The molecule has 1 atom stereocenters. The molecule has 3 aromatic rings. The molecule has 1 aromatic carbocycles. The minimum Gasteiger partial charge on any atom is -0.394 e. The molecule has 2 amide bonds. The molecule has 3 rings (SSSR count). The molecule has 0 aliphatic carbocycles. The Bertz CT molecular complexity index is 1190. The van der Waals surface area contributed by atoms with Crippen molar-refractivity contribution in [3.63, 3.8) is 0 Å². The van der Waals surface area contributed by atoms with E-state index >= 15 is 0 Å². The van der Waals surface area contributed by atoms with Gasteiger partial charge in [0.25, 0.3) is 11.8 Å². The van der Waals surface area contributed by atoms with E-state index in [1.807, 2.05) is 0 Å². The van der Waals surface area contributed by atoms with Gasteiger partial charge in [0, 0.05) is 16.5 Å². The van der Waals surface area contributed by atoms with Crippen LogP contribution < -0.4 is 16.4 Å². The number of carbonyl (C=O) groups is 2. The zero-order valence-corrected chi connectivity index (χ0v) is 19.2. The van der Waals surface area contributed by atoms with Crippen LogP contribution in [-0.2, 0) is 5.60 Å². The first kappa shape index (κ1) is 24.3. The van der Waals surface area contributed by atoms with Gasteiger partial charge >= 0.3 is 0 Å². The number of benzene rings is 1. The number of aliphatic hydroxyl groups excluding tert-OH is 1. The molecule has 0 radical (unpaired) electrons. The van der Waals surface area contributed by atoms with Crippen molar-refractivity contribution in [2.45, 2.75) is 32.4 Å². The summed E-state index contributed by atoms with van der Waals surface area (Å²) in [6.45, 7) is 4.56. The van der Waals surface area contributed by atoms with Crippen LogP contribution in [0.1, 0.15) is 47.2 Å². The van der Waals surface area contributed by atoms with Gasteiger partial charge in [0.05, 0.1) is 17.8 Å². The van der Waals surface area contributed by atoms with Gasteiger partial charge in [0.1, 0.15) is 22.3 Å². The maximum absolute atomic E-state index is 14.8. The van der Waals surface area contributed by atoms with Gasteiger partial charge in [-0.1, -0.05) is 18.2 Å². The Morgan fingerprint density at radius 1 is 1.24 bits per heavy atom. The first-order chi connectivity index (χ1) is 15.5. The summed E-state index contributed by atoms with van der Waals surface area (Å²) in [6.07, 6.45) is 0. The molecule has 0 aliphatic heterocycles. The van der Waals surface area contributed by atoms with E-state index in [4.69, 9.17) is 10.8 Å². The minimum absolute atomic E-state index is 0.117. The number of halogens is 1. The van der Waals surface area contributed by atoms with Gasteiger partial charge in [-0.25, -0.2) is 9.37 Å². The Labute approximate surface area is 194 Å². The topological polar surface area (TPSA) is 138 Å². The number of rotatable bonds is 8. The predicted molar refractivity (Wildman–Crippen MR) is 125 cm³/mol. The average molecular weight is 473 g/mol. The van der Waals surface area contributed by atoms with Crippen molar-refractivity contribution < 1.29 is 24.2 Å². The van der Waals surface area contributed by atoms with Gasteiger partial charge < -0.3 is 26.6 Å². The first-order valence-corrected chi connectivity index (χ1v) is 10.9. The number of hydrogen-bond acceptors (Lipinski definition) is 7. The number of amides is 2. The van der Waals surface area contributed by atoms with Crippen molar-refractivity contribution in [3.8, 4) is 10.4 Å². The minimum atomic E-state index is -1.20. The number of hydrogen-bond donors (Lipinski definition) is 5. The van der Waals surface area contributed by atoms with Gasteiger partial charge in [-0.2, -0.15) is 0 Å². The van der Waals surface area contributed by atoms with Crippen molar-refractivity contribution in [2.24, 2.45) is 5.73 Å². The van der Waals surface area contributed by atoms with Crippen LogP contribution in [0.3, 0.4) is 0 Å². The number of aliphatic hydroxyl groups is 2. The van der Waals surface area contributed by atoms with Crippen LogP contribution in [0.15, 0.2) is 42.5 Å². The number of thiophene rings is 1. The summed E-state index contributed by atoms with van der Waals surface area (Å²) in [7, 11) is 0. The molecule has 2 heterocycles. The highest BCUT2D eigenvalue weighted by Gasteiger charge is 2.21. The Hall–Kier alpha value is -3.34. The van der Waals surface area contributed by atoms with Gasteiger partial charge in [-0.05, 0) is 50.6 Å². The quantitative estimate of drug-likeness (QED) is 0.342. The van der Waals surface area contributed by atoms with Crippen LogP contribution in [0.25, 0.3) is 10.4 Å². The van der Waals surface area contributed by atoms with Crippen molar-refractivity contribution in [3.05, 3.63) is 65.1 Å². The summed E-state index contributed by atoms with van der Waals surface area (Å²) in [4.78, 5) is 29.0. The van der Waals surface area contributed by atoms with Crippen LogP contribution in [0.5, 0.6) is 0 Å². The molecule has 0 saturated heterocycles. The van der Waals surface area contributed by atoms with Crippen molar-refractivity contribution >= 4 is 34.0 Å². The number of nitrogens with one attached hydrogen (secondary N) is 2. The lowest BCUT2D eigenvalue weighted by Crippen LogP contribution is -2.35. The first-order valence-electron chi connectivity index (χ1n) is 10.1. The highest BCUT2D eigenvalue weighted by Crippen LogP contribution is 2.38. The number of anilines is 2. The van der Waals surface area contributed by atoms with Gasteiger partial charge in [0.2, 0.25) is 0 Å². The molecular weight excluding hydrogens is 447 g/mol. The summed E-state index contributed by atoms with van der Waals surface area (Å²) in [5.74, 6) is -1.43. The third-order valence-corrected chi connectivity index (χ3v) is 5.90. The fourth-order valence-electron chi connectivity index (χ4n) is 2.99. The third-order valence-electron chi connectivity index (χ3n) is 4.81. The molecule has 0 aliphatic rings. The Kier molecular flexibility index (Phi) is 7.11. The molecule has 0 fully saturated rings. The molecule has 10 heteroatoms. The zero-order chi connectivity index (χ0) is 24.3. The summed E-state index contributed by atoms with van der Waals surface area (Å²) in [5, 5.41) is 25.1. The van der Waals surface area contributed by atoms with Crippen LogP contribution in [0.2, 0.25) is 0 Å². The second-order valence-electron chi connectivity index (χ2n) is 8.06. The summed E-state index contributed by atoms with van der Waals surface area (Å²) in [5.41, 5.74) is 5.26. The van der Waals surface area contributed by atoms with E-state index in [2.05, 4.69) is 15.6 Å². The number of pyridine rings is 1. The fraction of sp³-hybridized carbons (Fsp3) is 0.261. The maximum Gasteiger partial charge on any atom is 0.270 e. The number of carbonyl (C=O) groups excluding carboxylic acids is 2. The Morgan fingerprint density at radius 3 is 2.58 bits per heavy atom. The number of nitrogens with zero attached hydrogens (tertiary/aromatic N) is 1. The lowest BCUT2D eigenvalue weighted by molar-refractivity contribution is 0.0782. The zero-order valence-electron chi connectivity index (χ0n) is 18.3. The van der Waals surface area contributed by atoms with Crippen LogP contribution in [0, 0.1) is 5.82 Å². The normalized spacial score (nSPS) is 12.3. The predicted octanol–water partition coefficient (Wildman–Crippen LogP) is 3.13. The number of aromatic nitrogens is 1. The summed E-state index contributed by atoms with van der Waals surface area (Å²) < 4.78 is 14.8. The second kappa shape index (κ2) is 9.65. The van der Waals surface area contributed by atoms with E-state index in [0.29, 0.717) is 15.4 Å². The van der Waals surface area contributed by atoms with Crippen molar-refractivity contribution in [1.82, 2.24) is 10.3 Å². The maximum atomic E-state index is 14.8. The van der Waals surface area contributed by atoms with Gasteiger partial charge in [-0.3, -0.25) is 9.59 Å². The second-order valence-corrected chi connectivity index (χ2v) is 9.11. The molecular formula is C23H25FN4O4S. The monoisotopic (exact) mass is 472 g/mol. The largest absolute Gasteiger partial charge is 0.394 e. The van der Waals surface area contributed by atoms with Crippen LogP contribution in [-0.4, -0.2) is 39.7 Å². The number of primary amides is 1. The SMILES string of the molecule is C[C@H](CO)NC(=O)c1cccc(Nc2sc(-c3ccc(C(C)(C)O)cc3F)cc2C(N)=O)n1.